The topological polar surface area (TPSA) is 81.2 Å². The third kappa shape index (κ3) is 3.84. The van der Waals surface area contributed by atoms with E-state index in [1.807, 2.05) is 0 Å². The number of aromatic nitrogens is 1. The molecule has 0 atom stereocenters. The first-order chi connectivity index (χ1) is 6.58. The van der Waals surface area contributed by atoms with E-state index in [-0.39, 0.29) is 11.5 Å². The summed E-state index contributed by atoms with van der Waals surface area (Å²) >= 11 is 0. The molecule has 0 spiro atoms. The summed E-state index contributed by atoms with van der Waals surface area (Å²) in [6.07, 6.45) is 1.41. The van der Waals surface area contributed by atoms with Gasteiger partial charge in [0, 0.05) is 6.20 Å². The molecule has 0 N–H and O–H groups in total. The Morgan fingerprint density at radius 1 is 1.07 bits per heavy atom. The summed E-state index contributed by atoms with van der Waals surface area (Å²) in [5, 5.41) is 0. The minimum Gasteiger partial charge on any atom is -0.260 e. The van der Waals surface area contributed by atoms with E-state index in [9.17, 15) is 16.8 Å². The molecule has 0 bridgehead atoms. The van der Waals surface area contributed by atoms with Gasteiger partial charge in [-0.25, -0.2) is 16.8 Å². The molecule has 0 saturated heterocycles. The van der Waals surface area contributed by atoms with E-state index in [0.717, 1.165) is 0 Å². The van der Waals surface area contributed by atoms with Crippen molar-refractivity contribution in [2.24, 2.45) is 0 Å². The maximum Gasteiger partial charge on any atom is 0.145 e. The van der Waals surface area contributed by atoms with Crippen molar-refractivity contribution in [3.05, 3.63) is 29.6 Å². The first kappa shape index (κ1) is 11.1. The standard InChI is InChI=1S/C7H9NO4S2/c9-13(10)4-6-1-2-8-7(3-6)5-14(11)12/h1-3,13-14H,4-5H2. The third-order valence-corrected chi connectivity index (χ3v) is 2.69. The smallest absolute Gasteiger partial charge is 0.145 e. The van der Waals surface area contributed by atoms with Gasteiger partial charge >= 0.3 is 0 Å². The Balaban J connectivity index is 2.88. The van der Waals surface area contributed by atoms with Crippen LogP contribution in [0.25, 0.3) is 0 Å². The maximum absolute atomic E-state index is 10.4. The Morgan fingerprint density at radius 3 is 2.29 bits per heavy atom. The number of nitrogens with zero attached hydrogens (tertiary/aromatic N) is 1. The van der Waals surface area contributed by atoms with Crippen molar-refractivity contribution in [1.82, 2.24) is 4.98 Å². The molecule has 0 aliphatic carbocycles. The van der Waals surface area contributed by atoms with E-state index in [1.54, 1.807) is 6.07 Å². The Bertz CT molecular complexity index is 409. The average molecular weight is 235 g/mol. The van der Waals surface area contributed by atoms with Gasteiger partial charge in [-0.2, -0.15) is 0 Å². The van der Waals surface area contributed by atoms with Gasteiger partial charge in [0.15, 0.2) is 0 Å². The first-order valence-electron chi connectivity index (χ1n) is 3.75. The number of hydrogen-bond donors (Lipinski definition) is 2. The summed E-state index contributed by atoms with van der Waals surface area (Å²) in [6.45, 7) is 0. The van der Waals surface area contributed by atoms with Gasteiger partial charge in [-0.3, -0.25) is 4.98 Å². The van der Waals surface area contributed by atoms with Crippen LogP contribution in [-0.2, 0) is 32.9 Å². The molecule has 7 heteroatoms. The SMILES string of the molecule is O=[SH](=O)Cc1ccnc(C[SH](=O)=O)c1. The van der Waals surface area contributed by atoms with Crippen LogP contribution >= 0.6 is 0 Å². The van der Waals surface area contributed by atoms with E-state index in [1.165, 1.54) is 12.3 Å². The summed E-state index contributed by atoms with van der Waals surface area (Å²) in [5.74, 6) is -0.237. The van der Waals surface area contributed by atoms with Crippen molar-refractivity contribution in [2.75, 3.05) is 0 Å². The Morgan fingerprint density at radius 2 is 1.71 bits per heavy atom. The zero-order valence-electron chi connectivity index (χ0n) is 7.12. The van der Waals surface area contributed by atoms with Gasteiger partial charge in [-0.05, 0) is 17.7 Å². The van der Waals surface area contributed by atoms with Crippen LogP contribution in [0.3, 0.4) is 0 Å². The predicted octanol–water partition coefficient (Wildman–Crippen LogP) is -0.696. The fourth-order valence-corrected chi connectivity index (χ4v) is 1.93. The van der Waals surface area contributed by atoms with Gasteiger partial charge in [-0.15, -0.1) is 0 Å². The monoisotopic (exact) mass is 235 g/mol. The molecule has 14 heavy (non-hydrogen) atoms. The zero-order valence-corrected chi connectivity index (χ0v) is 8.91. The summed E-state index contributed by atoms with van der Waals surface area (Å²) in [4.78, 5) is 3.81. The highest BCUT2D eigenvalue weighted by Crippen LogP contribution is 2.03. The van der Waals surface area contributed by atoms with Crippen LogP contribution in [0, 0.1) is 0 Å². The molecule has 1 aromatic heterocycles. The normalized spacial score (nSPS) is 11.0. The van der Waals surface area contributed by atoms with Crippen LogP contribution in [0.15, 0.2) is 18.3 Å². The van der Waals surface area contributed by atoms with Crippen molar-refractivity contribution in [1.29, 1.82) is 0 Å². The van der Waals surface area contributed by atoms with Gasteiger partial charge in [0.25, 0.3) is 0 Å². The van der Waals surface area contributed by atoms with Gasteiger partial charge in [0.05, 0.1) is 17.2 Å². The Hall–Kier alpha value is -0.950. The van der Waals surface area contributed by atoms with Crippen molar-refractivity contribution in [2.45, 2.75) is 11.5 Å². The number of pyridine rings is 1. The third-order valence-electron chi connectivity index (χ3n) is 1.48. The van der Waals surface area contributed by atoms with Crippen LogP contribution in [0.4, 0.5) is 0 Å². The molecule has 1 heterocycles. The van der Waals surface area contributed by atoms with E-state index in [0.29, 0.717) is 11.3 Å². The lowest BCUT2D eigenvalue weighted by atomic mass is 10.2. The number of hydrogen-bond acceptors (Lipinski definition) is 5. The highest BCUT2D eigenvalue weighted by molar-refractivity contribution is 7.71. The average Bonchev–Trinajstić information content (AvgIpc) is 2.01. The molecule has 0 saturated carbocycles. The van der Waals surface area contributed by atoms with E-state index in [2.05, 4.69) is 4.98 Å². The van der Waals surface area contributed by atoms with Crippen molar-refractivity contribution in [3.8, 4) is 0 Å². The van der Waals surface area contributed by atoms with Crippen LogP contribution in [0.5, 0.6) is 0 Å². The summed E-state index contributed by atoms with van der Waals surface area (Å²) in [7, 11) is -5.01. The van der Waals surface area contributed by atoms with E-state index in [4.69, 9.17) is 0 Å². The second-order valence-electron chi connectivity index (χ2n) is 2.64. The number of rotatable bonds is 4. The van der Waals surface area contributed by atoms with Crippen molar-refractivity contribution in [3.63, 3.8) is 0 Å². The molecule has 0 unspecified atom stereocenters. The van der Waals surface area contributed by atoms with E-state index < -0.39 is 21.4 Å². The molecule has 0 fully saturated rings. The lowest BCUT2D eigenvalue weighted by Crippen LogP contribution is -1.94. The highest BCUT2D eigenvalue weighted by Gasteiger charge is 1.99. The second-order valence-corrected chi connectivity index (χ2v) is 4.60. The fourth-order valence-electron chi connectivity index (χ4n) is 0.994. The van der Waals surface area contributed by atoms with Gasteiger partial charge in [0.2, 0.25) is 0 Å². The summed E-state index contributed by atoms with van der Waals surface area (Å²) < 4.78 is 41.6. The zero-order chi connectivity index (χ0) is 10.6. The Labute approximate surface area is 84.7 Å². The minimum absolute atomic E-state index is 0.0828. The number of thiol groups is 2. The van der Waals surface area contributed by atoms with Gasteiger partial charge in [-0.1, -0.05) is 0 Å². The molecule has 78 valence electrons. The minimum atomic E-state index is -2.52. The van der Waals surface area contributed by atoms with Crippen LogP contribution < -0.4 is 0 Å². The second kappa shape index (κ2) is 5.06. The molecule has 0 aliphatic heterocycles. The van der Waals surface area contributed by atoms with Gasteiger partial charge < -0.3 is 0 Å². The highest BCUT2D eigenvalue weighted by atomic mass is 32.2. The van der Waals surface area contributed by atoms with Crippen LogP contribution in [0.2, 0.25) is 0 Å². The largest absolute Gasteiger partial charge is 0.260 e. The molecule has 0 aliphatic rings. The molecule has 0 aromatic carbocycles. The summed E-state index contributed by atoms with van der Waals surface area (Å²) in [5.41, 5.74) is 0.929. The molecule has 0 radical (unpaired) electrons. The molecule has 1 aromatic rings. The molecule has 1 rings (SSSR count). The molecule has 5 nitrogen and oxygen atoms in total. The predicted molar refractivity (Wildman–Crippen MR) is 52.3 cm³/mol. The lowest BCUT2D eigenvalue weighted by molar-refractivity contribution is 0.612. The van der Waals surface area contributed by atoms with Crippen LogP contribution in [-0.4, -0.2) is 21.8 Å². The van der Waals surface area contributed by atoms with Crippen molar-refractivity contribution < 1.29 is 16.8 Å². The molecular formula is C7H9NO4S2. The first-order valence-corrected chi connectivity index (χ1v) is 6.48. The van der Waals surface area contributed by atoms with Gasteiger partial charge in [0.1, 0.15) is 21.4 Å². The van der Waals surface area contributed by atoms with E-state index >= 15 is 0 Å². The van der Waals surface area contributed by atoms with Crippen molar-refractivity contribution >= 4 is 21.4 Å². The summed E-state index contributed by atoms with van der Waals surface area (Å²) in [6, 6.07) is 3.03. The maximum atomic E-state index is 10.4. The lowest BCUT2D eigenvalue weighted by Gasteiger charge is -1.97. The van der Waals surface area contributed by atoms with Crippen LogP contribution in [0.1, 0.15) is 11.3 Å². The molecular weight excluding hydrogens is 226 g/mol. The fraction of sp³-hybridized carbons (Fsp3) is 0.286. The molecule has 0 amide bonds. The Kier molecular flexibility index (Phi) is 4.02. The quantitative estimate of drug-likeness (QED) is 0.675.